The molecule has 1 aliphatic heterocycles. The molecule has 0 saturated carbocycles. The van der Waals surface area contributed by atoms with Gasteiger partial charge in [-0.15, -0.1) is 0 Å². The first-order chi connectivity index (χ1) is 4.24. The Morgan fingerprint density at radius 3 is 1.83 bits per heavy atom. The normalized spacial score (nSPS) is 32.8. The molecule has 3 unspecified atom stereocenters. The van der Waals surface area contributed by atoms with Gasteiger partial charge in [-0.05, 0) is 0 Å². The van der Waals surface area contributed by atoms with Gasteiger partial charge < -0.3 is 20.1 Å². The van der Waals surface area contributed by atoms with Crippen LogP contribution < -0.4 is 0 Å². The van der Waals surface area contributed by atoms with Crippen LogP contribution in [-0.2, 0) is 4.74 Å². The van der Waals surface area contributed by atoms with Crippen molar-refractivity contribution in [1.29, 1.82) is 0 Å². The predicted molar refractivity (Wildman–Crippen MR) is 28.6 cm³/mol. The van der Waals surface area contributed by atoms with E-state index in [0.717, 1.165) is 0 Å². The average Bonchev–Trinajstić information content (AvgIpc) is 2.13. The molecular formula is C5H10Ac3O4. The fraction of sp³-hybridized carbons (Fsp3) is 1.00. The molecule has 3 atom stereocenters. The molecule has 3 N–H and O–H groups in total. The quantitative estimate of drug-likeness (QED) is 0.301. The Kier molecular flexibility index (Phi) is 20.8. The summed E-state index contributed by atoms with van der Waals surface area (Å²) in [7, 11) is 0. The van der Waals surface area contributed by atoms with Crippen molar-refractivity contribution in [2.24, 2.45) is 0 Å². The van der Waals surface area contributed by atoms with Gasteiger partial charge in [0.05, 0.1) is 12.7 Å². The van der Waals surface area contributed by atoms with Gasteiger partial charge >= 0.3 is 0 Å². The molecule has 1 fully saturated rings. The molecule has 3 radical (unpaired) electrons. The summed E-state index contributed by atoms with van der Waals surface area (Å²) in [4.78, 5) is 0. The minimum Gasteiger partial charge on any atom is -0.394 e. The predicted octanol–water partition coefficient (Wildman–Crippen LogP) is -1.55. The van der Waals surface area contributed by atoms with Gasteiger partial charge in [-0.1, -0.05) is 0 Å². The fourth-order valence-corrected chi connectivity index (χ4v) is 0.847. The zero-order valence-corrected chi connectivity index (χ0v) is 20.9. The Bertz CT molecular complexity index is 94.7. The molecule has 0 spiro atoms. The molecule has 0 amide bonds. The summed E-state index contributed by atoms with van der Waals surface area (Å²) in [5.74, 6) is 0. The molecule has 0 bridgehead atoms. The Morgan fingerprint density at radius 1 is 1.17 bits per heavy atom. The van der Waals surface area contributed by atoms with Crippen molar-refractivity contribution < 1.29 is 152 Å². The molecule has 0 aromatic rings. The van der Waals surface area contributed by atoms with Crippen molar-refractivity contribution in [3.8, 4) is 0 Å². The van der Waals surface area contributed by atoms with E-state index in [2.05, 4.69) is 4.74 Å². The van der Waals surface area contributed by atoms with Crippen LogP contribution in [0.4, 0.5) is 0 Å². The Balaban J connectivity index is -0.000000270. The smallest absolute Gasteiger partial charge is 0.181 e. The molecule has 4 nitrogen and oxygen atoms in total. The van der Waals surface area contributed by atoms with Gasteiger partial charge in [0.2, 0.25) is 0 Å². The Labute approximate surface area is 179 Å². The molecule has 1 heterocycles. The second-order valence-electron chi connectivity index (χ2n) is 2.13. The minimum atomic E-state index is -1.11. The third kappa shape index (κ3) is 7.44. The van der Waals surface area contributed by atoms with E-state index in [-0.39, 0.29) is 139 Å². The second kappa shape index (κ2) is 11.6. The summed E-state index contributed by atoms with van der Waals surface area (Å²) >= 11 is 0. The Morgan fingerprint density at radius 2 is 1.67 bits per heavy atom. The standard InChI is InChI=1S/C5H10O4.3Ac/c6-2-3-1-4(7)5(8)9-3;;;/h3-8H,1-2H2;;;. The molecule has 63 valence electrons. The fourth-order valence-electron chi connectivity index (χ4n) is 0.847. The number of aliphatic hydroxyl groups excluding tert-OH is 3. The van der Waals surface area contributed by atoms with E-state index in [1.807, 2.05) is 0 Å². The van der Waals surface area contributed by atoms with E-state index in [1.54, 1.807) is 0 Å². The maximum atomic E-state index is 8.81. The van der Waals surface area contributed by atoms with E-state index >= 15 is 0 Å². The van der Waals surface area contributed by atoms with E-state index in [9.17, 15) is 0 Å². The Hall–Kier alpha value is 4.16. The molecule has 1 aliphatic rings. The van der Waals surface area contributed by atoms with Crippen LogP contribution in [0.1, 0.15) is 6.42 Å². The van der Waals surface area contributed by atoms with Crippen LogP contribution in [0.2, 0.25) is 0 Å². The van der Waals surface area contributed by atoms with Crippen LogP contribution in [0.5, 0.6) is 0 Å². The summed E-state index contributed by atoms with van der Waals surface area (Å²) in [6.07, 6.45) is -2.02. The molecule has 0 aliphatic carbocycles. The zero-order chi connectivity index (χ0) is 6.85. The van der Waals surface area contributed by atoms with Gasteiger partial charge in [-0.25, -0.2) is 0 Å². The minimum absolute atomic E-state index is 0. The summed E-state index contributed by atoms with van der Waals surface area (Å²) < 4.78 is 4.68. The van der Waals surface area contributed by atoms with Gasteiger partial charge in [0.15, 0.2) is 6.29 Å². The van der Waals surface area contributed by atoms with Crippen LogP contribution in [0.3, 0.4) is 0 Å². The first-order valence-corrected chi connectivity index (χ1v) is 2.86. The molecule has 12 heavy (non-hydrogen) atoms. The summed E-state index contributed by atoms with van der Waals surface area (Å²) in [5, 5.41) is 26.0. The van der Waals surface area contributed by atoms with Crippen molar-refractivity contribution in [3.05, 3.63) is 0 Å². The number of ether oxygens (including phenoxy) is 1. The maximum Gasteiger partial charge on any atom is 0.181 e. The van der Waals surface area contributed by atoms with Gasteiger partial charge in [0.25, 0.3) is 0 Å². The van der Waals surface area contributed by atoms with Crippen molar-refractivity contribution >= 4 is 0 Å². The van der Waals surface area contributed by atoms with E-state index < -0.39 is 18.5 Å². The third-order valence-electron chi connectivity index (χ3n) is 1.37. The average molecular weight is 815 g/mol. The summed E-state index contributed by atoms with van der Waals surface area (Å²) in [5.41, 5.74) is 0. The van der Waals surface area contributed by atoms with Crippen LogP contribution >= 0.6 is 0 Å². The topological polar surface area (TPSA) is 69.9 Å². The molecule has 7 heteroatoms. The van der Waals surface area contributed by atoms with Gasteiger partial charge in [0, 0.05) is 139 Å². The number of rotatable bonds is 1. The van der Waals surface area contributed by atoms with Gasteiger partial charge in [-0.3, -0.25) is 0 Å². The summed E-state index contributed by atoms with van der Waals surface area (Å²) in [6.45, 7) is -0.145. The van der Waals surface area contributed by atoms with Gasteiger partial charge in [-0.2, -0.15) is 0 Å². The van der Waals surface area contributed by atoms with Crippen molar-refractivity contribution in [2.45, 2.75) is 24.9 Å². The number of hydrogen-bond acceptors (Lipinski definition) is 4. The third-order valence-corrected chi connectivity index (χ3v) is 1.37. The van der Waals surface area contributed by atoms with Crippen molar-refractivity contribution in [1.82, 2.24) is 0 Å². The molecule has 1 rings (SSSR count). The number of aliphatic hydroxyl groups is 3. The zero-order valence-electron chi connectivity index (χ0n) is 6.63. The largest absolute Gasteiger partial charge is 0.394 e. The van der Waals surface area contributed by atoms with Crippen LogP contribution in [0.25, 0.3) is 0 Å². The van der Waals surface area contributed by atoms with Crippen LogP contribution in [0, 0.1) is 132 Å². The first-order valence-electron chi connectivity index (χ1n) is 2.86. The van der Waals surface area contributed by atoms with Crippen molar-refractivity contribution in [3.63, 3.8) is 0 Å². The molecule has 1 saturated heterocycles. The first kappa shape index (κ1) is 21.4. The van der Waals surface area contributed by atoms with Gasteiger partial charge in [0.1, 0.15) is 6.10 Å². The molecule has 0 aromatic heterocycles. The van der Waals surface area contributed by atoms with Crippen LogP contribution in [-0.4, -0.2) is 40.4 Å². The van der Waals surface area contributed by atoms with E-state index in [1.165, 1.54) is 0 Å². The number of hydrogen-bond donors (Lipinski definition) is 3. The van der Waals surface area contributed by atoms with Crippen LogP contribution in [0.15, 0.2) is 0 Å². The molecule has 0 aromatic carbocycles. The molecular weight excluding hydrogens is 805 g/mol. The van der Waals surface area contributed by atoms with E-state index in [4.69, 9.17) is 15.3 Å². The monoisotopic (exact) mass is 815 g/mol. The SMILES string of the molecule is OCC1CC(O)C(O)O1.[Ac].[Ac].[Ac]. The second-order valence-corrected chi connectivity index (χ2v) is 2.13. The maximum absolute atomic E-state index is 8.81. The summed E-state index contributed by atoms with van der Waals surface area (Å²) in [6, 6.07) is 0. The van der Waals surface area contributed by atoms with Crippen molar-refractivity contribution in [2.75, 3.05) is 6.61 Å². The van der Waals surface area contributed by atoms with E-state index in [0.29, 0.717) is 6.42 Å².